The minimum Gasteiger partial charge on any atom is -0.484 e. The predicted molar refractivity (Wildman–Crippen MR) is 188 cm³/mol. The van der Waals surface area contributed by atoms with Crippen molar-refractivity contribution in [1.82, 2.24) is 5.32 Å². The number of likely N-dealkylation sites (N-methyl/N-ethyl adjacent to an activating group) is 2. The van der Waals surface area contributed by atoms with Gasteiger partial charge < -0.3 is 35.2 Å². The van der Waals surface area contributed by atoms with Gasteiger partial charge in [-0.1, -0.05) is 48.5 Å². The lowest BCUT2D eigenvalue weighted by atomic mass is 10.1. The van der Waals surface area contributed by atoms with Crippen LogP contribution < -0.4 is 30.1 Å². The molecule has 0 aliphatic rings. The van der Waals surface area contributed by atoms with Crippen LogP contribution in [0.1, 0.15) is 16.7 Å². The number of aryl methyl sites for hydroxylation is 1. The van der Waals surface area contributed by atoms with E-state index in [1.165, 1.54) is 20.8 Å². The first-order chi connectivity index (χ1) is 23.4. The normalized spacial score (nSPS) is 10.4. The molecule has 0 radical (unpaired) electrons. The Hall–Kier alpha value is -6.17. The summed E-state index contributed by atoms with van der Waals surface area (Å²) in [5.41, 5.74) is 4.60. The predicted octanol–water partition coefficient (Wildman–Crippen LogP) is 4.79. The summed E-state index contributed by atoms with van der Waals surface area (Å²) in [6.45, 7) is 2.82. The van der Waals surface area contributed by atoms with Crippen molar-refractivity contribution in [3.63, 3.8) is 0 Å². The van der Waals surface area contributed by atoms with Gasteiger partial charge in [0.25, 0.3) is 5.91 Å². The Morgan fingerprint density at radius 3 is 2.16 bits per heavy atom. The van der Waals surface area contributed by atoms with Crippen LogP contribution in [0.4, 0.5) is 27.5 Å². The molecule has 0 unspecified atom stereocenters. The summed E-state index contributed by atoms with van der Waals surface area (Å²) in [6, 6.07) is 26.8. The monoisotopic (exact) mass is 665 g/mol. The molecule has 0 heterocycles. The maximum Gasteiger partial charge on any atom is 0.319 e. The molecular formula is C37H39N5O7. The van der Waals surface area contributed by atoms with Crippen molar-refractivity contribution >= 4 is 52.5 Å². The van der Waals surface area contributed by atoms with Gasteiger partial charge in [-0.3, -0.25) is 19.2 Å². The number of aliphatic carboxylic acids is 1. The number of nitrogens with zero attached hydrogens (tertiary/aromatic N) is 3. The number of amides is 5. The molecule has 0 atom stereocenters. The van der Waals surface area contributed by atoms with E-state index in [1.807, 2.05) is 38.1 Å². The third-order valence-electron chi connectivity index (χ3n) is 7.86. The van der Waals surface area contributed by atoms with E-state index in [9.17, 15) is 24.0 Å². The molecule has 0 aliphatic heterocycles. The van der Waals surface area contributed by atoms with Crippen LogP contribution in [0.15, 0.2) is 97.1 Å². The maximum absolute atomic E-state index is 13.6. The van der Waals surface area contributed by atoms with Crippen molar-refractivity contribution in [2.24, 2.45) is 0 Å². The van der Waals surface area contributed by atoms with Crippen LogP contribution in [-0.2, 0) is 25.6 Å². The van der Waals surface area contributed by atoms with Gasteiger partial charge in [0.05, 0.1) is 13.0 Å². The topological polar surface area (TPSA) is 149 Å². The third kappa shape index (κ3) is 9.91. The molecule has 0 aromatic heterocycles. The molecule has 0 aliphatic carbocycles. The van der Waals surface area contributed by atoms with E-state index < -0.39 is 30.4 Å². The van der Waals surface area contributed by atoms with Crippen molar-refractivity contribution in [3.05, 3.63) is 114 Å². The molecule has 49 heavy (non-hydrogen) atoms. The summed E-state index contributed by atoms with van der Waals surface area (Å²) in [5, 5.41) is 14.1. The number of hydrogen-bond donors (Lipinski definition) is 3. The smallest absolute Gasteiger partial charge is 0.319 e. The van der Waals surface area contributed by atoms with Gasteiger partial charge in [0, 0.05) is 42.9 Å². The third-order valence-corrected chi connectivity index (χ3v) is 7.86. The summed E-state index contributed by atoms with van der Waals surface area (Å²) >= 11 is 0. The fourth-order valence-corrected chi connectivity index (χ4v) is 4.94. The number of ether oxygens (including phenoxy) is 1. The van der Waals surface area contributed by atoms with Gasteiger partial charge in [0.2, 0.25) is 11.8 Å². The molecule has 0 bridgehead atoms. The molecule has 5 amide bonds. The van der Waals surface area contributed by atoms with Gasteiger partial charge in [-0.25, -0.2) is 4.79 Å². The zero-order valence-electron chi connectivity index (χ0n) is 27.8. The van der Waals surface area contributed by atoms with E-state index in [0.29, 0.717) is 28.4 Å². The van der Waals surface area contributed by atoms with Gasteiger partial charge in [-0.05, 0) is 73.0 Å². The second-order valence-corrected chi connectivity index (χ2v) is 11.3. The van der Waals surface area contributed by atoms with Gasteiger partial charge in [0.1, 0.15) is 12.3 Å². The standard InChI is InChI=1S/C37H39N5O7/c1-25-11-8-18-32(26(25)2)41(4)35(45)24-49-31-17-10-16-30(21-31)42(23-34(44)40(3)29-14-6-5-7-15-29)33(43)22-38-37(48)39-28-13-9-12-27(19-28)20-36(46)47/h5-19,21H,20,22-24H2,1-4H3,(H,46,47)(H2,38,39,48). The highest BCUT2D eigenvalue weighted by Crippen LogP contribution is 2.24. The van der Waals surface area contributed by atoms with Gasteiger partial charge >= 0.3 is 12.0 Å². The van der Waals surface area contributed by atoms with Crippen LogP contribution in [0.25, 0.3) is 0 Å². The van der Waals surface area contributed by atoms with Crippen molar-refractivity contribution < 1.29 is 33.8 Å². The number of nitrogens with one attached hydrogen (secondary N) is 2. The first-order valence-corrected chi connectivity index (χ1v) is 15.5. The highest BCUT2D eigenvalue weighted by molar-refractivity contribution is 6.05. The Labute approximate surface area is 284 Å². The molecular weight excluding hydrogens is 626 g/mol. The van der Waals surface area contributed by atoms with E-state index in [1.54, 1.807) is 80.8 Å². The van der Waals surface area contributed by atoms with Crippen LogP contribution in [0.5, 0.6) is 5.75 Å². The number of hydrogen-bond acceptors (Lipinski definition) is 6. The number of carbonyl (C=O) groups is 5. The number of para-hydroxylation sites is 1. The van der Waals surface area contributed by atoms with E-state index in [-0.39, 0.29) is 25.5 Å². The van der Waals surface area contributed by atoms with Crippen LogP contribution in [0, 0.1) is 13.8 Å². The Morgan fingerprint density at radius 2 is 1.43 bits per heavy atom. The summed E-state index contributed by atoms with van der Waals surface area (Å²) in [6.07, 6.45) is -0.212. The van der Waals surface area contributed by atoms with Crippen LogP contribution in [-0.4, -0.2) is 68.6 Å². The quantitative estimate of drug-likeness (QED) is 0.186. The highest BCUT2D eigenvalue weighted by atomic mass is 16.5. The molecule has 4 rings (SSSR count). The summed E-state index contributed by atoms with van der Waals surface area (Å²) in [4.78, 5) is 67.9. The van der Waals surface area contributed by atoms with Crippen LogP contribution in [0.2, 0.25) is 0 Å². The van der Waals surface area contributed by atoms with Crippen molar-refractivity contribution in [2.45, 2.75) is 20.3 Å². The average molecular weight is 666 g/mol. The highest BCUT2D eigenvalue weighted by Gasteiger charge is 2.23. The average Bonchev–Trinajstić information content (AvgIpc) is 3.09. The first-order valence-electron chi connectivity index (χ1n) is 15.5. The maximum atomic E-state index is 13.6. The van der Waals surface area contributed by atoms with Crippen LogP contribution >= 0.6 is 0 Å². The second-order valence-electron chi connectivity index (χ2n) is 11.3. The summed E-state index contributed by atoms with van der Waals surface area (Å²) in [7, 11) is 3.27. The number of anilines is 4. The zero-order valence-corrected chi connectivity index (χ0v) is 27.8. The lowest BCUT2D eigenvalue weighted by Gasteiger charge is -2.26. The van der Waals surface area contributed by atoms with Gasteiger partial charge in [0.15, 0.2) is 6.61 Å². The van der Waals surface area contributed by atoms with Crippen LogP contribution in [0.3, 0.4) is 0 Å². The molecule has 254 valence electrons. The minimum absolute atomic E-state index is 0.212. The molecule has 0 fully saturated rings. The molecule has 0 saturated heterocycles. The Balaban J connectivity index is 1.48. The van der Waals surface area contributed by atoms with Crippen molar-refractivity contribution in [3.8, 4) is 5.75 Å². The van der Waals surface area contributed by atoms with E-state index >= 15 is 0 Å². The summed E-state index contributed by atoms with van der Waals surface area (Å²) in [5.74, 6) is -1.97. The molecule has 3 N–H and O–H groups in total. The number of benzene rings is 4. The molecule has 12 heteroatoms. The lowest BCUT2D eigenvalue weighted by molar-refractivity contribution is -0.136. The Morgan fingerprint density at radius 1 is 0.735 bits per heavy atom. The first kappa shape index (κ1) is 35.7. The van der Waals surface area contributed by atoms with E-state index in [0.717, 1.165) is 16.8 Å². The van der Waals surface area contributed by atoms with Gasteiger partial charge in [-0.15, -0.1) is 0 Å². The second kappa shape index (κ2) is 16.6. The number of carbonyl (C=O) groups excluding carboxylic acids is 4. The molecule has 0 saturated carbocycles. The minimum atomic E-state index is -1.01. The number of rotatable bonds is 13. The van der Waals surface area contributed by atoms with E-state index in [2.05, 4.69) is 10.6 Å². The summed E-state index contributed by atoms with van der Waals surface area (Å²) < 4.78 is 5.83. The van der Waals surface area contributed by atoms with Crippen molar-refractivity contribution in [2.75, 3.05) is 53.8 Å². The Kier molecular flexibility index (Phi) is 12.1. The van der Waals surface area contributed by atoms with E-state index in [4.69, 9.17) is 9.84 Å². The fourth-order valence-electron chi connectivity index (χ4n) is 4.94. The number of urea groups is 1. The SMILES string of the molecule is Cc1cccc(N(C)C(=O)COc2cccc(N(CC(=O)N(C)c3ccccc3)C(=O)CNC(=O)Nc3cccc(CC(=O)O)c3)c2)c1C. The molecule has 12 nitrogen and oxygen atoms in total. The van der Waals surface area contributed by atoms with Crippen molar-refractivity contribution in [1.29, 1.82) is 0 Å². The fraction of sp³-hybridized carbons (Fsp3) is 0.216. The Bertz CT molecular complexity index is 1830. The molecule has 4 aromatic carbocycles. The molecule has 4 aromatic rings. The van der Waals surface area contributed by atoms with Gasteiger partial charge in [-0.2, -0.15) is 0 Å². The largest absolute Gasteiger partial charge is 0.484 e. The lowest BCUT2D eigenvalue weighted by Crippen LogP contribution is -2.46. The number of carboxylic acid groups (broad SMARTS) is 1. The zero-order chi connectivity index (χ0) is 35.5. The molecule has 0 spiro atoms. The number of carboxylic acids is 1.